The largest absolute Gasteiger partial charge is 0.493 e. The summed E-state index contributed by atoms with van der Waals surface area (Å²) < 4.78 is 11.7. The Hall–Kier alpha value is -2.03. The SMILES string of the molecule is C#CCN1CC[C@]23c4c5ccc(OC)c4O[C@H]2C(=O)CC[C@@]3(O)[C@H]1C5. The average Bonchev–Trinajstić information content (AvgIpc) is 2.96. The number of hydrogen-bond acceptors (Lipinski definition) is 5. The molecule has 0 amide bonds. The lowest BCUT2D eigenvalue weighted by molar-refractivity contribution is -0.186. The van der Waals surface area contributed by atoms with Crippen LogP contribution in [0.1, 0.15) is 30.4 Å². The summed E-state index contributed by atoms with van der Waals surface area (Å²) in [6.45, 7) is 1.28. The number of aliphatic hydroxyl groups is 1. The maximum atomic E-state index is 12.7. The van der Waals surface area contributed by atoms with E-state index in [1.54, 1.807) is 7.11 Å². The Kier molecular flexibility index (Phi) is 2.91. The summed E-state index contributed by atoms with van der Waals surface area (Å²) in [5.41, 5.74) is 0.481. The molecule has 4 aliphatic rings. The van der Waals surface area contributed by atoms with E-state index in [0.29, 0.717) is 37.3 Å². The molecule has 1 N–H and O–H groups in total. The fourth-order valence-electron chi connectivity index (χ4n) is 5.87. The molecule has 2 aliphatic heterocycles. The van der Waals surface area contributed by atoms with Crippen LogP contribution in [0.5, 0.6) is 11.5 Å². The molecule has 0 aromatic heterocycles. The van der Waals surface area contributed by atoms with Gasteiger partial charge in [0.05, 0.1) is 24.7 Å². The van der Waals surface area contributed by atoms with Crippen LogP contribution < -0.4 is 9.47 Å². The Morgan fingerprint density at radius 3 is 3.08 bits per heavy atom. The van der Waals surface area contributed by atoms with Crippen molar-refractivity contribution in [1.82, 2.24) is 4.90 Å². The average molecular weight is 339 g/mol. The highest BCUT2D eigenvalue weighted by molar-refractivity contribution is 5.90. The van der Waals surface area contributed by atoms with E-state index in [1.165, 1.54) is 0 Å². The fraction of sp³-hybridized carbons (Fsp3) is 0.550. The second-order valence-corrected chi connectivity index (χ2v) is 7.64. The first-order valence-corrected chi connectivity index (χ1v) is 8.86. The number of terminal acetylenes is 1. The van der Waals surface area contributed by atoms with Crippen LogP contribution in [0.15, 0.2) is 12.1 Å². The summed E-state index contributed by atoms with van der Waals surface area (Å²) in [6.07, 6.45) is 7.14. The molecule has 1 saturated heterocycles. The predicted molar refractivity (Wildman–Crippen MR) is 90.8 cm³/mol. The molecule has 5 nitrogen and oxygen atoms in total. The van der Waals surface area contributed by atoms with Crippen LogP contribution >= 0.6 is 0 Å². The van der Waals surface area contributed by atoms with E-state index in [4.69, 9.17) is 15.9 Å². The van der Waals surface area contributed by atoms with Crippen molar-refractivity contribution in [1.29, 1.82) is 0 Å². The third-order valence-corrected chi connectivity index (χ3v) is 6.87. The smallest absolute Gasteiger partial charge is 0.174 e. The van der Waals surface area contributed by atoms with Crippen molar-refractivity contribution in [2.75, 3.05) is 20.2 Å². The summed E-state index contributed by atoms with van der Waals surface area (Å²) in [7, 11) is 1.61. The predicted octanol–water partition coefficient (Wildman–Crippen LogP) is 1.05. The van der Waals surface area contributed by atoms with Crippen molar-refractivity contribution >= 4 is 5.78 Å². The van der Waals surface area contributed by atoms with Crippen molar-refractivity contribution < 1.29 is 19.4 Å². The quantitative estimate of drug-likeness (QED) is 0.817. The van der Waals surface area contributed by atoms with Crippen molar-refractivity contribution in [2.45, 2.75) is 48.8 Å². The number of piperidine rings is 1. The van der Waals surface area contributed by atoms with Crippen LogP contribution in [0.2, 0.25) is 0 Å². The molecule has 1 aromatic rings. The Bertz CT molecular complexity index is 828. The van der Waals surface area contributed by atoms with Crippen LogP contribution in [-0.4, -0.2) is 53.7 Å². The van der Waals surface area contributed by atoms with Crippen molar-refractivity contribution in [2.24, 2.45) is 0 Å². The molecule has 2 heterocycles. The first kappa shape index (κ1) is 15.2. The summed E-state index contributed by atoms with van der Waals surface area (Å²) in [4.78, 5) is 14.9. The lowest BCUT2D eigenvalue weighted by Gasteiger charge is -2.62. The van der Waals surface area contributed by atoms with Gasteiger partial charge in [0.1, 0.15) is 0 Å². The van der Waals surface area contributed by atoms with Crippen molar-refractivity contribution in [3.63, 3.8) is 0 Å². The molecule has 1 spiro atoms. The maximum Gasteiger partial charge on any atom is 0.174 e. The summed E-state index contributed by atoms with van der Waals surface area (Å²) in [5.74, 6) is 4.10. The van der Waals surface area contributed by atoms with Gasteiger partial charge in [0.2, 0.25) is 0 Å². The molecule has 0 radical (unpaired) electrons. The molecule has 4 atom stereocenters. The van der Waals surface area contributed by atoms with Gasteiger partial charge in [-0.15, -0.1) is 6.42 Å². The third kappa shape index (κ3) is 1.56. The van der Waals surface area contributed by atoms with E-state index in [0.717, 1.165) is 24.1 Å². The summed E-state index contributed by atoms with van der Waals surface area (Å²) in [5, 5.41) is 11.9. The Morgan fingerprint density at radius 1 is 1.48 bits per heavy atom. The lowest BCUT2D eigenvalue weighted by Crippen LogP contribution is -2.76. The van der Waals surface area contributed by atoms with Gasteiger partial charge < -0.3 is 14.6 Å². The summed E-state index contributed by atoms with van der Waals surface area (Å²) >= 11 is 0. The zero-order valence-corrected chi connectivity index (χ0v) is 14.2. The number of methoxy groups -OCH3 is 1. The number of ether oxygens (including phenoxy) is 2. The maximum absolute atomic E-state index is 12.7. The van der Waals surface area contributed by atoms with E-state index in [9.17, 15) is 9.90 Å². The van der Waals surface area contributed by atoms with Gasteiger partial charge in [-0.1, -0.05) is 12.0 Å². The molecule has 5 rings (SSSR count). The Morgan fingerprint density at radius 2 is 2.32 bits per heavy atom. The number of carbonyl (C=O) groups excluding carboxylic acids is 1. The molecule has 1 saturated carbocycles. The zero-order chi connectivity index (χ0) is 17.4. The minimum absolute atomic E-state index is 0.0802. The number of nitrogens with zero attached hydrogens (tertiary/aromatic N) is 1. The molecule has 2 fully saturated rings. The van der Waals surface area contributed by atoms with Gasteiger partial charge in [-0.25, -0.2) is 0 Å². The number of benzene rings is 1. The molecule has 130 valence electrons. The highest BCUT2D eigenvalue weighted by Crippen LogP contribution is 2.64. The topological polar surface area (TPSA) is 59.0 Å². The third-order valence-electron chi connectivity index (χ3n) is 6.87. The number of Topliss-reactive ketones (excluding diaryl/α,β-unsaturated/α-hetero) is 1. The van der Waals surface area contributed by atoms with E-state index in [1.807, 2.05) is 6.07 Å². The first-order chi connectivity index (χ1) is 12.1. The molecule has 2 bridgehead atoms. The number of carbonyl (C=O) groups is 1. The highest BCUT2D eigenvalue weighted by atomic mass is 16.5. The highest BCUT2D eigenvalue weighted by Gasteiger charge is 2.73. The van der Waals surface area contributed by atoms with Gasteiger partial charge in [-0.2, -0.15) is 0 Å². The van der Waals surface area contributed by atoms with Gasteiger partial charge in [0.15, 0.2) is 23.4 Å². The number of rotatable bonds is 2. The van der Waals surface area contributed by atoms with Gasteiger partial charge in [0, 0.05) is 24.6 Å². The molecule has 1 aromatic carbocycles. The molecular weight excluding hydrogens is 318 g/mol. The van der Waals surface area contributed by atoms with E-state index >= 15 is 0 Å². The van der Waals surface area contributed by atoms with E-state index in [-0.39, 0.29) is 11.8 Å². The monoisotopic (exact) mass is 339 g/mol. The van der Waals surface area contributed by atoms with Crippen LogP contribution in [0, 0.1) is 12.3 Å². The normalized spacial score (nSPS) is 37.9. The van der Waals surface area contributed by atoms with Gasteiger partial charge in [0.25, 0.3) is 0 Å². The van der Waals surface area contributed by atoms with Crippen molar-refractivity contribution in [3.8, 4) is 23.8 Å². The van der Waals surface area contributed by atoms with Crippen LogP contribution in [0.25, 0.3) is 0 Å². The van der Waals surface area contributed by atoms with E-state index < -0.39 is 17.1 Å². The molecule has 5 heteroatoms. The van der Waals surface area contributed by atoms with E-state index in [2.05, 4.69) is 16.9 Å². The summed E-state index contributed by atoms with van der Waals surface area (Å²) in [6, 6.07) is 3.87. The minimum Gasteiger partial charge on any atom is -0.493 e. The van der Waals surface area contributed by atoms with Gasteiger partial charge >= 0.3 is 0 Å². The molecule has 25 heavy (non-hydrogen) atoms. The number of hydrogen-bond donors (Lipinski definition) is 1. The molecule has 2 aliphatic carbocycles. The Balaban J connectivity index is 1.79. The van der Waals surface area contributed by atoms with Gasteiger partial charge in [-0.05, 0) is 30.9 Å². The first-order valence-electron chi connectivity index (χ1n) is 8.86. The number of likely N-dealkylation sites (tertiary alicyclic amines) is 1. The number of ketones is 1. The zero-order valence-electron chi connectivity index (χ0n) is 14.2. The molecular formula is C20H21NO4. The lowest BCUT2D eigenvalue weighted by atomic mass is 9.49. The fourth-order valence-corrected chi connectivity index (χ4v) is 5.87. The van der Waals surface area contributed by atoms with Crippen LogP contribution in [-0.2, 0) is 16.6 Å². The Labute approximate surface area is 146 Å². The second kappa shape index (κ2) is 4.78. The second-order valence-electron chi connectivity index (χ2n) is 7.64. The van der Waals surface area contributed by atoms with Crippen LogP contribution in [0.3, 0.4) is 0 Å². The van der Waals surface area contributed by atoms with Crippen LogP contribution in [0.4, 0.5) is 0 Å². The standard InChI is InChI=1S/C20H21NO4/c1-3-9-21-10-8-19-16-12-4-5-14(24-2)17(16)25-18(19)13(22)6-7-20(19,23)15(21)11-12/h1,4-5,15,18,23H,6-11H2,2H3/t15-,18+,19+,20-/m1/s1. The molecule has 0 unspecified atom stereocenters. The minimum atomic E-state index is -0.995. The van der Waals surface area contributed by atoms with Crippen molar-refractivity contribution in [3.05, 3.63) is 23.3 Å². The van der Waals surface area contributed by atoms with Gasteiger partial charge in [-0.3, -0.25) is 9.69 Å².